The van der Waals surface area contributed by atoms with E-state index in [0.29, 0.717) is 5.75 Å². The van der Waals surface area contributed by atoms with Crippen molar-refractivity contribution in [1.29, 1.82) is 0 Å². The molecule has 0 unspecified atom stereocenters. The summed E-state index contributed by atoms with van der Waals surface area (Å²) in [6, 6.07) is -0.529. The number of aromatic amines is 1. The fourth-order valence-electron chi connectivity index (χ4n) is 5.18. The molecule has 0 saturated heterocycles. The molecule has 12 N–H and O–H groups in total. The predicted molar refractivity (Wildman–Crippen MR) is 199 cm³/mol. The van der Waals surface area contributed by atoms with Gasteiger partial charge in [0.1, 0.15) is 30.2 Å². The number of hydrogen-bond acceptors (Lipinski definition) is 11. The average molecular weight is 767 g/mol. The van der Waals surface area contributed by atoms with Gasteiger partial charge in [-0.1, -0.05) is 32.0 Å². The topological polar surface area (TPSA) is 288 Å². The van der Waals surface area contributed by atoms with E-state index in [1.54, 1.807) is 12.5 Å². The number of primary amides is 1. The number of aliphatic hydroxyl groups is 1. The van der Waals surface area contributed by atoms with Gasteiger partial charge in [0.15, 0.2) is 0 Å². The summed E-state index contributed by atoms with van der Waals surface area (Å²) in [6.07, 6.45) is 1.80. The Kier molecular flexibility index (Phi) is 17.9. The van der Waals surface area contributed by atoms with Gasteiger partial charge in [-0.05, 0) is 55.7 Å². The van der Waals surface area contributed by atoms with Crippen LogP contribution in [-0.2, 0) is 40.0 Å². The number of aliphatic carboxylic acids is 1. The molecular weight excluding hydrogens is 717 g/mol. The first-order chi connectivity index (χ1) is 24.5. The van der Waals surface area contributed by atoms with Gasteiger partial charge in [0, 0.05) is 22.9 Å². The maximum Gasteiger partial charge on any atom is 0.327 e. The fraction of sp³-hybridized carbons (Fsp3) is 0.545. The molecule has 17 nitrogen and oxygen atoms in total. The normalized spacial score (nSPS) is 15.3. The van der Waals surface area contributed by atoms with Crippen molar-refractivity contribution in [2.24, 2.45) is 17.4 Å². The van der Waals surface area contributed by atoms with E-state index < -0.39 is 90.2 Å². The van der Waals surface area contributed by atoms with E-state index in [1.165, 1.54) is 11.8 Å². The quantitative estimate of drug-likeness (QED) is 0.0616. The summed E-state index contributed by atoms with van der Waals surface area (Å²) < 4.78 is 0. The highest BCUT2D eigenvalue weighted by molar-refractivity contribution is 7.98. The fourth-order valence-corrected chi connectivity index (χ4v) is 5.90. The van der Waals surface area contributed by atoms with Crippen LogP contribution in [0.3, 0.4) is 0 Å². The molecule has 0 spiro atoms. The number of carboxylic acids is 1. The summed E-state index contributed by atoms with van der Waals surface area (Å²) in [5.74, 6) is -6.61. The summed E-state index contributed by atoms with van der Waals surface area (Å²) in [4.78, 5) is 92.8. The van der Waals surface area contributed by atoms with Gasteiger partial charge in [0.2, 0.25) is 35.4 Å². The highest BCUT2D eigenvalue weighted by Crippen LogP contribution is 2.19. The van der Waals surface area contributed by atoms with Crippen molar-refractivity contribution in [2.75, 3.05) is 17.8 Å². The maximum absolute atomic E-state index is 13.6. The van der Waals surface area contributed by atoms with Gasteiger partial charge in [-0.15, -0.1) is 0 Å². The van der Waals surface area contributed by atoms with Crippen molar-refractivity contribution < 1.29 is 43.8 Å². The molecule has 6 amide bonds. The zero-order chi connectivity index (χ0) is 39.1. The van der Waals surface area contributed by atoms with E-state index in [-0.39, 0.29) is 30.9 Å². The predicted octanol–water partition coefficient (Wildman–Crippen LogP) is -1.47. The van der Waals surface area contributed by atoms with Crippen LogP contribution < -0.4 is 38.1 Å². The van der Waals surface area contributed by atoms with Crippen LogP contribution in [-0.4, -0.2) is 117 Å². The van der Waals surface area contributed by atoms with Crippen molar-refractivity contribution in [3.63, 3.8) is 0 Å². The molecule has 0 aliphatic rings. The molecule has 19 heteroatoms. The lowest BCUT2D eigenvalue weighted by Crippen LogP contribution is -2.61. The Hall–Kier alpha value is -4.33. The number of aliphatic hydroxyl groups excluding tert-OH is 1. The molecule has 1 aromatic heterocycles. The molecule has 1 aromatic carbocycles. The summed E-state index contributed by atoms with van der Waals surface area (Å²) in [5.41, 5.74) is 13.3. The summed E-state index contributed by atoms with van der Waals surface area (Å²) in [6.45, 7) is 4.87. The molecule has 2 aromatic rings. The Bertz CT molecular complexity index is 1570. The molecule has 7 atom stereocenters. The number of nitrogens with two attached hydrogens (primary N) is 2. The smallest absolute Gasteiger partial charge is 0.327 e. The molecule has 288 valence electrons. The first-order valence-corrected chi connectivity index (χ1v) is 18.6. The van der Waals surface area contributed by atoms with Crippen molar-refractivity contribution >= 4 is 76.7 Å². The number of fused-ring (bicyclic) bond motifs is 1. The third-order valence-corrected chi connectivity index (χ3v) is 8.94. The van der Waals surface area contributed by atoms with Crippen molar-refractivity contribution in [2.45, 2.75) is 88.8 Å². The SMILES string of the molecule is CSCC[C@H](NC(=O)[C@H](CC(C)C)NC(=O)[C@@H](N)Cc1c[nH]c2ccccc12)C(=O)N[C@@H](CC(N)=O)C(=O)N[C@H](C(=O)N[C@@H](CS)C(=O)O)[C@@H](C)O. The summed E-state index contributed by atoms with van der Waals surface area (Å²) >= 11 is 5.25. The standard InChI is InChI=1S/C33H50N8O9S2/c1-16(2)11-23(38-28(44)20(34)12-18-14-36-21-8-6-5-7-19(18)21)30(46)37-22(9-10-52-4)29(45)39-24(13-26(35)43)31(47)41-27(17(3)42)32(48)40-25(15-51)33(49)50/h5-8,14,16-17,20,22-25,27,36,42,51H,9-13,15,34H2,1-4H3,(H2,35,43)(H,37,46)(H,38,44)(H,39,45)(H,40,48)(H,41,47)(H,49,50)/t17-,20+,22+,23+,24+,25+,27+/m1/s1. The van der Waals surface area contributed by atoms with Gasteiger partial charge in [-0.25, -0.2) is 4.79 Å². The van der Waals surface area contributed by atoms with Gasteiger partial charge in [-0.3, -0.25) is 28.8 Å². The number of carboxylic acid groups (broad SMARTS) is 1. The lowest BCUT2D eigenvalue weighted by atomic mass is 10.0. The van der Waals surface area contributed by atoms with Gasteiger partial charge >= 0.3 is 5.97 Å². The lowest BCUT2D eigenvalue weighted by molar-refractivity contribution is -0.142. The average Bonchev–Trinajstić information content (AvgIpc) is 3.48. The molecule has 1 heterocycles. The number of aromatic nitrogens is 1. The number of hydrogen-bond donors (Lipinski definition) is 11. The van der Waals surface area contributed by atoms with Crippen LogP contribution in [0, 0.1) is 5.92 Å². The Morgan fingerprint density at radius 3 is 2.00 bits per heavy atom. The maximum atomic E-state index is 13.6. The van der Waals surface area contributed by atoms with Crippen molar-refractivity contribution in [3.8, 4) is 0 Å². The number of thiol groups is 1. The number of H-pyrrole nitrogens is 1. The van der Waals surface area contributed by atoms with Gasteiger partial charge < -0.3 is 53.2 Å². The molecule has 0 aliphatic carbocycles. The number of rotatable bonds is 22. The first-order valence-electron chi connectivity index (χ1n) is 16.6. The Labute approximate surface area is 311 Å². The monoisotopic (exact) mass is 766 g/mol. The number of amides is 6. The second-order valence-electron chi connectivity index (χ2n) is 12.7. The van der Waals surface area contributed by atoms with E-state index in [1.807, 2.05) is 38.1 Å². The zero-order valence-electron chi connectivity index (χ0n) is 29.5. The number of thioether (sulfide) groups is 1. The third kappa shape index (κ3) is 13.7. The van der Waals surface area contributed by atoms with Crippen LogP contribution >= 0.6 is 24.4 Å². The number of para-hydroxylation sites is 1. The van der Waals surface area contributed by atoms with Crippen LogP contribution in [0.25, 0.3) is 10.9 Å². The lowest BCUT2D eigenvalue weighted by Gasteiger charge is -2.27. The minimum atomic E-state index is -1.68. The van der Waals surface area contributed by atoms with E-state index >= 15 is 0 Å². The first kappa shape index (κ1) is 43.8. The highest BCUT2D eigenvalue weighted by Gasteiger charge is 2.35. The van der Waals surface area contributed by atoms with E-state index in [4.69, 9.17) is 11.5 Å². The van der Waals surface area contributed by atoms with Crippen LogP contribution in [0.15, 0.2) is 30.5 Å². The minimum Gasteiger partial charge on any atom is -0.480 e. The zero-order valence-corrected chi connectivity index (χ0v) is 31.2. The van der Waals surface area contributed by atoms with Crippen molar-refractivity contribution in [1.82, 2.24) is 31.6 Å². The van der Waals surface area contributed by atoms with Crippen LogP contribution in [0.4, 0.5) is 0 Å². The van der Waals surface area contributed by atoms with E-state index in [0.717, 1.165) is 23.4 Å². The Morgan fingerprint density at radius 1 is 0.846 bits per heavy atom. The Morgan fingerprint density at radius 2 is 1.42 bits per heavy atom. The highest BCUT2D eigenvalue weighted by atomic mass is 32.2. The molecule has 0 radical (unpaired) electrons. The molecule has 0 fully saturated rings. The van der Waals surface area contributed by atoms with Crippen LogP contribution in [0.2, 0.25) is 0 Å². The number of carbonyl (C=O) groups excluding carboxylic acids is 6. The van der Waals surface area contributed by atoms with E-state index in [2.05, 4.69) is 44.2 Å². The van der Waals surface area contributed by atoms with E-state index in [9.17, 15) is 43.8 Å². The Balaban J connectivity index is 2.22. The summed E-state index contributed by atoms with van der Waals surface area (Å²) in [5, 5.41) is 32.5. The largest absolute Gasteiger partial charge is 0.480 e. The molecule has 52 heavy (non-hydrogen) atoms. The van der Waals surface area contributed by atoms with Crippen LogP contribution in [0.5, 0.6) is 0 Å². The molecule has 2 rings (SSSR count). The van der Waals surface area contributed by atoms with Gasteiger partial charge in [0.05, 0.1) is 18.6 Å². The second-order valence-corrected chi connectivity index (χ2v) is 14.1. The number of carbonyl (C=O) groups is 7. The molecule has 0 bridgehead atoms. The number of benzene rings is 1. The summed E-state index contributed by atoms with van der Waals surface area (Å²) in [7, 11) is 0. The second kappa shape index (κ2) is 21.3. The van der Waals surface area contributed by atoms with Gasteiger partial charge in [0.25, 0.3) is 0 Å². The minimum absolute atomic E-state index is 0.0550. The number of nitrogens with one attached hydrogen (secondary N) is 6. The van der Waals surface area contributed by atoms with Crippen molar-refractivity contribution in [3.05, 3.63) is 36.0 Å². The van der Waals surface area contributed by atoms with Crippen LogP contribution in [0.1, 0.15) is 45.6 Å². The third-order valence-electron chi connectivity index (χ3n) is 7.93. The molecule has 0 aliphatic heterocycles. The van der Waals surface area contributed by atoms with Gasteiger partial charge in [-0.2, -0.15) is 24.4 Å². The molecule has 0 saturated carbocycles. The molecular formula is C33H50N8O9S2.